The van der Waals surface area contributed by atoms with Crippen molar-refractivity contribution < 1.29 is 13.9 Å². The van der Waals surface area contributed by atoms with Gasteiger partial charge in [0, 0.05) is 12.6 Å². The first kappa shape index (κ1) is 12.0. The Labute approximate surface area is 111 Å². The molecule has 1 aromatic heterocycles. The van der Waals surface area contributed by atoms with E-state index < -0.39 is 0 Å². The van der Waals surface area contributed by atoms with Crippen molar-refractivity contribution in [2.24, 2.45) is 0 Å². The van der Waals surface area contributed by atoms with E-state index in [2.05, 4.69) is 10.3 Å². The third kappa shape index (κ3) is 3.06. The Bertz CT molecular complexity index is 549. The van der Waals surface area contributed by atoms with Gasteiger partial charge >= 0.3 is 6.08 Å². The van der Waals surface area contributed by atoms with Gasteiger partial charge < -0.3 is 19.2 Å². The third-order valence-corrected chi connectivity index (χ3v) is 2.95. The van der Waals surface area contributed by atoms with Crippen molar-refractivity contribution in [3.8, 4) is 17.6 Å². The highest BCUT2D eigenvalue weighted by Gasteiger charge is 2.20. The van der Waals surface area contributed by atoms with Crippen molar-refractivity contribution in [2.45, 2.75) is 25.4 Å². The van der Waals surface area contributed by atoms with E-state index in [1.807, 2.05) is 24.3 Å². The molecule has 5 nitrogen and oxygen atoms in total. The number of nitrogens with one attached hydrogen (secondary N) is 1. The number of benzene rings is 1. The number of oxazole rings is 1. The molecule has 0 spiro atoms. The van der Waals surface area contributed by atoms with Crippen molar-refractivity contribution in [1.82, 2.24) is 10.3 Å². The normalized spacial score (nSPS) is 14.4. The fourth-order valence-corrected chi connectivity index (χ4v) is 1.75. The molecule has 1 saturated carbocycles. The molecule has 3 rings (SSSR count). The molecule has 19 heavy (non-hydrogen) atoms. The molecular formula is C14H16N2O3. The van der Waals surface area contributed by atoms with Gasteiger partial charge in [-0.1, -0.05) is 12.1 Å². The van der Waals surface area contributed by atoms with E-state index in [-0.39, 0.29) is 6.08 Å². The van der Waals surface area contributed by atoms with Gasteiger partial charge in [0.05, 0.1) is 12.8 Å². The van der Waals surface area contributed by atoms with Gasteiger partial charge in [-0.15, -0.1) is 0 Å². The lowest BCUT2D eigenvalue weighted by Crippen LogP contribution is -2.15. The summed E-state index contributed by atoms with van der Waals surface area (Å²) in [4.78, 5) is 4.27. The molecule has 0 aliphatic heterocycles. The molecule has 0 unspecified atom stereocenters. The van der Waals surface area contributed by atoms with Gasteiger partial charge in [0.15, 0.2) is 11.5 Å². The lowest BCUT2D eigenvalue weighted by atomic mass is 10.3. The first-order valence-corrected chi connectivity index (χ1v) is 6.34. The Morgan fingerprint density at radius 1 is 1.32 bits per heavy atom. The second-order valence-electron chi connectivity index (χ2n) is 4.51. The first-order valence-electron chi connectivity index (χ1n) is 6.34. The number of methoxy groups -OCH3 is 1. The van der Waals surface area contributed by atoms with Crippen LogP contribution in [0.5, 0.6) is 17.6 Å². The molecule has 0 bridgehead atoms. The minimum atomic E-state index is 0.233. The van der Waals surface area contributed by atoms with Crippen LogP contribution in [0.3, 0.4) is 0 Å². The number of nitrogens with zero attached hydrogens (tertiary/aromatic N) is 1. The smallest absolute Gasteiger partial charge is 0.399 e. The van der Waals surface area contributed by atoms with Gasteiger partial charge in [0.25, 0.3) is 0 Å². The lowest BCUT2D eigenvalue weighted by molar-refractivity contribution is 0.310. The predicted molar refractivity (Wildman–Crippen MR) is 69.4 cm³/mol. The molecule has 1 aromatic carbocycles. The highest BCUT2D eigenvalue weighted by atomic mass is 16.6. The second-order valence-corrected chi connectivity index (χ2v) is 4.51. The van der Waals surface area contributed by atoms with Crippen LogP contribution in [0, 0.1) is 0 Å². The van der Waals surface area contributed by atoms with Crippen LogP contribution in [-0.2, 0) is 6.54 Å². The minimum absolute atomic E-state index is 0.233. The Kier molecular flexibility index (Phi) is 3.37. The molecule has 1 heterocycles. The fourth-order valence-electron chi connectivity index (χ4n) is 1.75. The molecule has 0 atom stereocenters. The highest BCUT2D eigenvalue weighted by Crippen LogP contribution is 2.30. The zero-order valence-electron chi connectivity index (χ0n) is 10.8. The number of aromatic nitrogens is 1. The zero-order chi connectivity index (χ0) is 13.1. The maximum absolute atomic E-state index is 5.57. The van der Waals surface area contributed by atoms with Crippen LogP contribution < -0.4 is 14.8 Å². The van der Waals surface area contributed by atoms with E-state index in [1.54, 1.807) is 13.4 Å². The molecule has 0 saturated heterocycles. The monoisotopic (exact) mass is 260 g/mol. The minimum Gasteiger partial charge on any atom is -0.493 e. The standard InChI is InChI=1S/C14H16N2O3/c1-17-12-4-2-3-5-13(12)19-14-16-11(9-18-14)8-15-10-6-7-10/h2-5,9-10,15H,6-8H2,1H3. The van der Waals surface area contributed by atoms with Crippen LogP contribution in [0.25, 0.3) is 0 Å². The molecule has 100 valence electrons. The van der Waals surface area contributed by atoms with Crippen molar-refractivity contribution in [3.63, 3.8) is 0 Å². The molecule has 1 N–H and O–H groups in total. The van der Waals surface area contributed by atoms with E-state index >= 15 is 0 Å². The predicted octanol–water partition coefficient (Wildman–Crippen LogP) is 2.73. The van der Waals surface area contributed by atoms with Crippen LogP contribution in [-0.4, -0.2) is 18.1 Å². The Balaban J connectivity index is 1.65. The zero-order valence-corrected chi connectivity index (χ0v) is 10.8. The summed E-state index contributed by atoms with van der Waals surface area (Å²) in [7, 11) is 1.60. The number of ether oxygens (including phenoxy) is 2. The van der Waals surface area contributed by atoms with E-state index in [9.17, 15) is 0 Å². The summed E-state index contributed by atoms with van der Waals surface area (Å²) in [5.74, 6) is 1.24. The molecular weight excluding hydrogens is 244 g/mol. The van der Waals surface area contributed by atoms with Crippen LogP contribution in [0.4, 0.5) is 0 Å². The van der Waals surface area contributed by atoms with Crippen molar-refractivity contribution >= 4 is 0 Å². The SMILES string of the molecule is COc1ccccc1Oc1nc(CNC2CC2)co1. The quantitative estimate of drug-likeness (QED) is 0.865. The number of hydrogen-bond donors (Lipinski definition) is 1. The van der Waals surface area contributed by atoms with Gasteiger partial charge in [0.2, 0.25) is 0 Å². The summed E-state index contributed by atoms with van der Waals surface area (Å²) in [6.07, 6.45) is 4.35. The second kappa shape index (κ2) is 5.32. The van der Waals surface area contributed by atoms with Crippen LogP contribution in [0.2, 0.25) is 0 Å². The van der Waals surface area contributed by atoms with Gasteiger partial charge in [-0.3, -0.25) is 0 Å². The molecule has 1 aliphatic carbocycles. The van der Waals surface area contributed by atoms with Crippen molar-refractivity contribution in [1.29, 1.82) is 0 Å². The van der Waals surface area contributed by atoms with Gasteiger partial charge in [-0.05, 0) is 25.0 Å². The fraction of sp³-hybridized carbons (Fsp3) is 0.357. The summed E-state index contributed by atoms with van der Waals surface area (Å²) >= 11 is 0. The average molecular weight is 260 g/mol. The maximum Gasteiger partial charge on any atom is 0.399 e. The largest absolute Gasteiger partial charge is 0.493 e. The maximum atomic E-state index is 5.57. The van der Waals surface area contributed by atoms with E-state index in [4.69, 9.17) is 13.9 Å². The molecule has 1 fully saturated rings. The average Bonchev–Trinajstić information content (AvgIpc) is 3.17. The van der Waals surface area contributed by atoms with Crippen molar-refractivity contribution in [2.75, 3.05) is 7.11 Å². The summed E-state index contributed by atoms with van der Waals surface area (Å²) in [6.45, 7) is 0.712. The summed E-state index contributed by atoms with van der Waals surface area (Å²) in [5.41, 5.74) is 0.844. The molecule has 0 amide bonds. The number of para-hydroxylation sites is 2. The Morgan fingerprint density at radius 3 is 2.84 bits per heavy atom. The highest BCUT2D eigenvalue weighted by molar-refractivity contribution is 5.40. The first-order chi connectivity index (χ1) is 9.35. The van der Waals surface area contributed by atoms with Crippen LogP contribution in [0.1, 0.15) is 18.5 Å². The Morgan fingerprint density at radius 2 is 2.11 bits per heavy atom. The van der Waals surface area contributed by atoms with Gasteiger partial charge in [0.1, 0.15) is 6.26 Å². The molecule has 5 heteroatoms. The van der Waals surface area contributed by atoms with Crippen LogP contribution in [0.15, 0.2) is 34.9 Å². The van der Waals surface area contributed by atoms with E-state index in [0.29, 0.717) is 24.1 Å². The van der Waals surface area contributed by atoms with E-state index in [1.165, 1.54) is 12.8 Å². The molecule has 0 radical (unpaired) electrons. The molecule has 2 aromatic rings. The number of hydrogen-bond acceptors (Lipinski definition) is 5. The molecule has 1 aliphatic rings. The van der Waals surface area contributed by atoms with Gasteiger partial charge in [-0.2, -0.15) is 4.98 Å². The summed E-state index contributed by atoms with van der Waals surface area (Å²) in [5, 5.41) is 3.37. The lowest BCUT2D eigenvalue weighted by Gasteiger charge is -2.06. The summed E-state index contributed by atoms with van der Waals surface area (Å²) < 4.78 is 16.1. The topological polar surface area (TPSA) is 56.5 Å². The van der Waals surface area contributed by atoms with Gasteiger partial charge in [-0.25, -0.2) is 0 Å². The third-order valence-electron chi connectivity index (χ3n) is 2.95. The Hall–Kier alpha value is -2.01. The number of rotatable bonds is 6. The van der Waals surface area contributed by atoms with E-state index in [0.717, 1.165) is 5.69 Å². The van der Waals surface area contributed by atoms with Crippen molar-refractivity contribution in [3.05, 3.63) is 36.2 Å². The summed E-state index contributed by atoms with van der Waals surface area (Å²) in [6, 6.07) is 8.04. The van der Waals surface area contributed by atoms with Crippen LogP contribution >= 0.6 is 0 Å².